The lowest BCUT2D eigenvalue weighted by molar-refractivity contribution is -0.129. The Morgan fingerprint density at radius 3 is 2.77 bits per heavy atom. The van der Waals surface area contributed by atoms with Crippen LogP contribution in [0.15, 0.2) is 18.3 Å². The lowest BCUT2D eigenvalue weighted by atomic mass is 9.91. The summed E-state index contributed by atoms with van der Waals surface area (Å²) in [6, 6.07) is 1.99. The highest BCUT2D eigenvalue weighted by atomic mass is 16.5. The topological polar surface area (TPSA) is 115 Å². The van der Waals surface area contributed by atoms with Gasteiger partial charge in [-0.2, -0.15) is 0 Å². The third kappa shape index (κ3) is 3.47. The SMILES string of the molecule is C#CCC1NC(=O)N([C@H]2CC[C@H](Oc3ncccc3C(N)=O)CC2)C1=O. The van der Waals surface area contributed by atoms with Gasteiger partial charge in [-0.1, -0.05) is 0 Å². The summed E-state index contributed by atoms with van der Waals surface area (Å²) in [5.41, 5.74) is 5.57. The summed E-state index contributed by atoms with van der Waals surface area (Å²) >= 11 is 0. The summed E-state index contributed by atoms with van der Waals surface area (Å²) in [7, 11) is 0. The van der Waals surface area contributed by atoms with Crippen molar-refractivity contribution in [3.63, 3.8) is 0 Å². The fourth-order valence-electron chi connectivity index (χ4n) is 3.40. The normalized spacial score (nSPS) is 25.5. The number of urea groups is 1. The second-order valence-electron chi connectivity index (χ2n) is 6.39. The first-order chi connectivity index (χ1) is 12.5. The van der Waals surface area contributed by atoms with Crippen molar-refractivity contribution < 1.29 is 19.1 Å². The van der Waals surface area contributed by atoms with Crippen molar-refractivity contribution in [3.8, 4) is 18.2 Å². The van der Waals surface area contributed by atoms with E-state index in [9.17, 15) is 14.4 Å². The van der Waals surface area contributed by atoms with E-state index < -0.39 is 11.9 Å². The van der Waals surface area contributed by atoms with Gasteiger partial charge in [0.1, 0.15) is 17.7 Å². The Labute approximate surface area is 151 Å². The molecule has 2 heterocycles. The fourth-order valence-corrected chi connectivity index (χ4v) is 3.40. The lowest BCUT2D eigenvalue weighted by Crippen LogP contribution is -2.44. The van der Waals surface area contributed by atoms with Crippen LogP contribution >= 0.6 is 0 Å². The zero-order valence-corrected chi connectivity index (χ0v) is 14.2. The molecule has 1 unspecified atom stereocenters. The van der Waals surface area contributed by atoms with Gasteiger partial charge >= 0.3 is 6.03 Å². The molecule has 4 amide bonds. The molecule has 3 N–H and O–H groups in total. The minimum atomic E-state index is -0.631. The van der Waals surface area contributed by atoms with Crippen LogP contribution in [-0.4, -0.2) is 45.9 Å². The first-order valence-electron chi connectivity index (χ1n) is 8.49. The number of terminal acetylenes is 1. The largest absolute Gasteiger partial charge is 0.474 e. The van der Waals surface area contributed by atoms with Crippen molar-refractivity contribution in [2.75, 3.05) is 0 Å². The third-order valence-corrected chi connectivity index (χ3v) is 4.70. The number of carbonyl (C=O) groups excluding carboxylic acids is 3. The van der Waals surface area contributed by atoms with Gasteiger partial charge in [-0.3, -0.25) is 14.5 Å². The Hall–Kier alpha value is -3.08. The van der Waals surface area contributed by atoms with Gasteiger partial charge in [-0.25, -0.2) is 9.78 Å². The van der Waals surface area contributed by atoms with E-state index in [1.807, 2.05) is 0 Å². The van der Waals surface area contributed by atoms with Gasteiger partial charge in [-0.05, 0) is 37.8 Å². The van der Waals surface area contributed by atoms with Gasteiger partial charge in [0, 0.05) is 18.7 Å². The van der Waals surface area contributed by atoms with Crippen molar-refractivity contribution in [1.82, 2.24) is 15.2 Å². The van der Waals surface area contributed by atoms with Crippen LogP contribution in [0.5, 0.6) is 5.88 Å². The van der Waals surface area contributed by atoms with E-state index in [1.54, 1.807) is 12.1 Å². The molecule has 1 saturated heterocycles. The maximum absolute atomic E-state index is 12.4. The van der Waals surface area contributed by atoms with E-state index in [4.69, 9.17) is 16.9 Å². The van der Waals surface area contributed by atoms with Crippen LogP contribution in [0.25, 0.3) is 0 Å². The molecule has 26 heavy (non-hydrogen) atoms. The number of nitrogens with two attached hydrogens (primary N) is 1. The highest BCUT2D eigenvalue weighted by molar-refractivity contribution is 6.04. The van der Waals surface area contributed by atoms with Crippen molar-refractivity contribution in [3.05, 3.63) is 23.9 Å². The minimum Gasteiger partial charge on any atom is -0.474 e. The predicted molar refractivity (Wildman–Crippen MR) is 92.0 cm³/mol. The highest BCUT2D eigenvalue weighted by Crippen LogP contribution is 2.29. The second-order valence-corrected chi connectivity index (χ2v) is 6.39. The van der Waals surface area contributed by atoms with Gasteiger partial charge < -0.3 is 15.8 Å². The standard InChI is InChI=1S/C18H20N4O4/c1-2-4-14-17(24)22(18(25)21-14)11-6-8-12(9-7-11)26-16-13(15(19)23)5-3-10-20-16/h1,3,5,10-12,14H,4,6-9H2,(H2,19,23)(H,21,25)/t11-,12-,14?. The fraction of sp³-hybridized carbons (Fsp3) is 0.444. The molecule has 2 fully saturated rings. The monoisotopic (exact) mass is 356 g/mol. The van der Waals surface area contributed by atoms with Gasteiger partial charge in [0.15, 0.2) is 0 Å². The van der Waals surface area contributed by atoms with Crippen LogP contribution in [0, 0.1) is 12.3 Å². The Balaban J connectivity index is 1.60. The molecule has 2 aliphatic rings. The Kier molecular flexibility index (Phi) is 5.07. The summed E-state index contributed by atoms with van der Waals surface area (Å²) in [5.74, 6) is 1.76. The first-order valence-corrected chi connectivity index (χ1v) is 8.49. The molecular weight excluding hydrogens is 336 g/mol. The third-order valence-electron chi connectivity index (χ3n) is 4.70. The molecular formula is C18H20N4O4. The molecule has 0 radical (unpaired) electrons. The van der Waals surface area contributed by atoms with Crippen LogP contribution in [0.2, 0.25) is 0 Å². The molecule has 0 aromatic carbocycles. The molecule has 136 valence electrons. The molecule has 1 aliphatic heterocycles. The number of carbonyl (C=O) groups is 3. The van der Waals surface area contributed by atoms with Crippen LogP contribution in [0.3, 0.4) is 0 Å². The first kappa shape index (κ1) is 17.7. The van der Waals surface area contributed by atoms with Gasteiger partial charge in [-0.15, -0.1) is 12.3 Å². The minimum absolute atomic E-state index is 0.151. The summed E-state index contributed by atoms with van der Waals surface area (Å²) in [5, 5.41) is 2.63. The Morgan fingerprint density at radius 2 is 2.12 bits per heavy atom. The predicted octanol–water partition coefficient (Wildman–Crippen LogP) is 0.814. The molecule has 8 heteroatoms. The molecule has 3 rings (SSSR count). The zero-order valence-electron chi connectivity index (χ0n) is 14.2. The van der Waals surface area contributed by atoms with Crippen LogP contribution in [0.1, 0.15) is 42.5 Å². The number of nitrogens with one attached hydrogen (secondary N) is 1. The van der Waals surface area contributed by atoms with E-state index in [1.165, 1.54) is 11.1 Å². The lowest BCUT2D eigenvalue weighted by Gasteiger charge is -2.33. The number of rotatable bonds is 5. The van der Waals surface area contributed by atoms with E-state index in [0.717, 1.165) is 0 Å². The number of hydrogen-bond donors (Lipinski definition) is 2. The number of primary amides is 1. The van der Waals surface area contributed by atoms with Crippen LogP contribution in [-0.2, 0) is 4.79 Å². The Morgan fingerprint density at radius 1 is 1.38 bits per heavy atom. The van der Waals surface area contributed by atoms with E-state index >= 15 is 0 Å². The molecule has 0 bridgehead atoms. The van der Waals surface area contributed by atoms with Crippen molar-refractivity contribution >= 4 is 17.8 Å². The number of imide groups is 1. The average Bonchev–Trinajstić information content (AvgIpc) is 2.90. The van der Waals surface area contributed by atoms with E-state index in [-0.39, 0.29) is 41.9 Å². The van der Waals surface area contributed by atoms with Gasteiger partial charge in [0.05, 0.1) is 0 Å². The number of pyridine rings is 1. The van der Waals surface area contributed by atoms with Crippen LogP contribution in [0.4, 0.5) is 4.79 Å². The summed E-state index contributed by atoms with van der Waals surface area (Å²) < 4.78 is 5.83. The number of nitrogens with zero attached hydrogens (tertiary/aromatic N) is 2. The average molecular weight is 356 g/mol. The molecule has 1 aromatic heterocycles. The summed E-state index contributed by atoms with van der Waals surface area (Å²) in [6.07, 6.45) is 9.31. The number of aromatic nitrogens is 1. The molecule has 1 aromatic rings. The van der Waals surface area contributed by atoms with E-state index in [2.05, 4.69) is 16.2 Å². The molecule has 8 nitrogen and oxygen atoms in total. The molecule has 1 aliphatic carbocycles. The maximum atomic E-state index is 12.4. The number of ether oxygens (including phenoxy) is 1. The maximum Gasteiger partial charge on any atom is 0.325 e. The molecule has 0 spiro atoms. The highest BCUT2D eigenvalue weighted by Gasteiger charge is 2.42. The second kappa shape index (κ2) is 7.44. The van der Waals surface area contributed by atoms with Gasteiger partial charge in [0.25, 0.3) is 11.8 Å². The van der Waals surface area contributed by atoms with Crippen molar-refractivity contribution in [2.45, 2.75) is 50.3 Å². The summed E-state index contributed by atoms with van der Waals surface area (Å²) in [6.45, 7) is 0. The molecule has 1 saturated carbocycles. The van der Waals surface area contributed by atoms with Crippen molar-refractivity contribution in [2.24, 2.45) is 5.73 Å². The number of hydrogen-bond acceptors (Lipinski definition) is 5. The zero-order chi connectivity index (χ0) is 18.7. The van der Waals surface area contributed by atoms with Crippen LogP contribution < -0.4 is 15.8 Å². The number of amides is 4. The smallest absolute Gasteiger partial charge is 0.325 e. The summed E-state index contributed by atoms with van der Waals surface area (Å²) in [4.78, 5) is 41.3. The Bertz CT molecular complexity index is 765. The molecule has 1 atom stereocenters. The van der Waals surface area contributed by atoms with Crippen molar-refractivity contribution in [1.29, 1.82) is 0 Å². The van der Waals surface area contributed by atoms with E-state index in [0.29, 0.717) is 25.7 Å². The van der Waals surface area contributed by atoms with Gasteiger partial charge in [0.2, 0.25) is 5.88 Å². The quantitative estimate of drug-likeness (QED) is 0.599.